The van der Waals surface area contributed by atoms with Crippen LogP contribution < -0.4 is 20.1 Å². The normalized spacial score (nSPS) is 10.5. The number of benzene rings is 3. The Balaban J connectivity index is 1.38. The number of carbonyl (C=O) groups is 1. The van der Waals surface area contributed by atoms with Gasteiger partial charge in [-0.05, 0) is 61.7 Å². The highest BCUT2D eigenvalue weighted by atomic mass is 16.5. The molecule has 0 saturated heterocycles. The van der Waals surface area contributed by atoms with Crippen LogP contribution in [-0.4, -0.2) is 38.9 Å². The number of aryl methyl sites for hydroxylation is 1. The lowest BCUT2D eigenvalue weighted by atomic mass is 10.1. The topological polar surface area (TPSA) is 68.8 Å². The van der Waals surface area contributed by atoms with Crippen LogP contribution >= 0.6 is 0 Å². The minimum absolute atomic E-state index is 0.143. The van der Waals surface area contributed by atoms with E-state index in [4.69, 9.17) is 14.2 Å². The van der Waals surface area contributed by atoms with Crippen LogP contribution in [0, 0.1) is 0 Å². The predicted molar refractivity (Wildman–Crippen MR) is 132 cm³/mol. The smallest absolute Gasteiger partial charge is 0.243 e. The summed E-state index contributed by atoms with van der Waals surface area (Å²) in [6, 6.07) is 25.4. The molecule has 0 aliphatic rings. The van der Waals surface area contributed by atoms with Crippen LogP contribution in [0.15, 0.2) is 78.9 Å². The van der Waals surface area contributed by atoms with Crippen LogP contribution in [0.25, 0.3) is 0 Å². The molecule has 3 aromatic rings. The molecule has 0 bridgehead atoms. The molecular formula is C27H32N2O4. The molecule has 2 N–H and O–H groups in total. The van der Waals surface area contributed by atoms with E-state index in [1.165, 1.54) is 5.56 Å². The van der Waals surface area contributed by atoms with Gasteiger partial charge in [-0.25, -0.2) is 0 Å². The first kappa shape index (κ1) is 24.1. The zero-order valence-electron chi connectivity index (χ0n) is 19.1. The van der Waals surface area contributed by atoms with Crippen LogP contribution in [0.4, 0.5) is 11.4 Å². The summed E-state index contributed by atoms with van der Waals surface area (Å²) < 4.78 is 16.8. The summed E-state index contributed by atoms with van der Waals surface area (Å²) in [5.74, 6) is 1.28. The number of ether oxygens (including phenoxy) is 3. The van der Waals surface area contributed by atoms with Crippen LogP contribution in [0.2, 0.25) is 0 Å². The Morgan fingerprint density at radius 1 is 0.818 bits per heavy atom. The Morgan fingerprint density at radius 3 is 2.36 bits per heavy atom. The minimum atomic E-state index is -0.155. The van der Waals surface area contributed by atoms with Gasteiger partial charge >= 0.3 is 0 Å². The molecule has 6 nitrogen and oxygen atoms in total. The van der Waals surface area contributed by atoms with Crippen molar-refractivity contribution in [1.29, 1.82) is 0 Å². The van der Waals surface area contributed by atoms with E-state index < -0.39 is 0 Å². The lowest BCUT2D eigenvalue weighted by Crippen LogP contribution is -2.22. The fourth-order valence-electron chi connectivity index (χ4n) is 3.21. The fourth-order valence-corrected chi connectivity index (χ4v) is 3.21. The number of rotatable bonds is 14. The molecule has 0 fully saturated rings. The number of amides is 1. The van der Waals surface area contributed by atoms with Crippen LogP contribution in [0.3, 0.4) is 0 Å². The fraction of sp³-hybridized carbons (Fsp3) is 0.296. The van der Waals surface area contributed by atoms with Gasteiger partial charge < -0.3 is 24.8 Å². The molecule has 0 heterocycles. The van der Waals surface area contributed by atoms with Crippen molar-refractivity contribution in [2.75, 3.05) is 43.6 Å². The second-order valence-corrected chi connectivity index (χ2v) is 7.41. The van der Waals surface area contributed by atoms with Crippen LogP contribution in [0.1, 0.15) is 18.9 Å². The number of para-hydroxylation sites is 2. The summed E-state index contributed by atoms with van der Waals surface area (Å²) in [4.78, 5) is 12.4. The van der Waals surface area contributed by atoms with Crippen molar-refractivity contribution in [2.24, 2.45) is 0 Å². The molecule has 6 heteroatoms. The molecule has 0 aliphatic carbocycles. The van der Waals surface area contributed by atoms with Gasteiger partial charge in [-0.3, -0.25) is 4.79 Å². The summed E-state index contributed by atoms with van der Waals surface area (Å²) in [7, 11) is 0. The molecule has 0 unspecified atom stereocenters. The number of hydrogen-bond donors (Lipinski definition) is 2. The largest absolute Gasteiger partial charge is 0.494 e. The number of carbonyl (C=O) groups excluding carboxylic acids is 1. The van der Waals surface area contributed by atoms with Crippen molar-refractivity contribution in [2.45, 2.75) is 19.8 Å². The monoisotopic (exact) mass is 448 g/mol. The van der Waals surface area contributed by atoms with E-state index in [2.05, 4.69) is 34.9 Å². The third kappa shape index (κ3) is 8.86. The standard InChI is InChI=1S/C27H32N2O4/c1-2-31-19-20-33-26-13-7-6-12-25(26)29-27(30)21-28-23-14-16-24(17-15-23)32-18-8-11-22-9-4-3-5-10-22/h3-7,9-10,12-17,28H,2,8,11,18-21H2,1H3,(H,29,30). The molecule has 3 aromatic carbocycles. The zero-order valence-corrected chi connectivity index (χ0v) is 19.1. The molecule has 174 valence electrons. The van der Waals surface area contributed by atoms with E-state index in [9.17, 15) is 4.79 Å². The Labute approximate surface area is 195 Å². The van der Waals surface area contributed by atoms with Crippen molar-refractivity contribution in [3.05, 3.63) is 84.4 Å². The molecule has 0 aliphatic heterocycles. The van der Waals surface area contributed by atoms with Gasteiger partial charge in [0.05, 0.1) is 25.4 Å². The average molecular weight is 449 g/mol. The second-order valence-electron chi connectivity index (χ2n) is 7.41. The molecular weight excluding hydrogens is 416 g/mol. The maximum Gasteiger partial charge on any atom is 0.243 e. The van der Waals surface area contributed by atoms with Gasteiger partial charge in [-0.1, -0.05) is 42.5 Å². The molecule has 33 heavy (non-hydrogen) atoms. The van der Waals surface area contributed by atoms with Gasteiger partial charge in [-0.2, -0.15) is 0 Å². The van der Waals surface area contributed by atoms with Crippen LogP contribution in [-0.2, 0) is 16.0 Å². The number of nitrogens with one attached hydrogen (secondary N) is 2. The molecule has 1 amide bonds. The van der Waals surface area contributed by atoms with E-state index in [0.717, 1.165) is 24.3 Å². The quantitative estimate of drug-likeness (QED) is 0.333. The lowest BCUT2D eigenvalue weighted by molar-refractivity contribution is -0.114. The van der Waals surface area contributed by atoms with Crippen LogP contribution in [0.5, 0.6) is 11.5 Å². The molecule has 0 aromatic heterocycles. The second kappa shape index (κ2) is 13.8. The molecule has 0 atom stereocenters. The highest BCUT2D eigenvalue weighted by Crippen LogP contribution is 2.23. The van der Waals surface area contributed by atoms with Gasteiger partial charge in [-0.15, -0.1) is 0 Å². The minimum Gasteiger partial charge on any atom is -0.494 e. The third-order valence-electron chi connectivity index (χ3n) is 4.88. The summed E-state index contributed by atoms with van der Waals surface area (Å²) in [5.41, 5.74) is 2.81. The van der Waals surface area contributed by atoms with Gasteiger partial charge in [0, 0.05) is 12.3 Å². The Bertz CT molecular complexity index is 961. The first-order valence-corrected chi connectivity index (χ1v) is 11.3. The van der Waals surface area contributed by atoms with Gasteiger partial charge in [0.25, 0.3) is 0 Å². The molecule has 0 radical (unpaired) electrons. The summed E-state index contributed by atoms with van der Waals surface area (Å²) in [6.07, 6.45) is 1.96. The Kier molecular flexibility index (Phi) is 10.1. The van der Waals surface area contributed by atoms with Crippen molar-refractivity contribution < 1.29 is 19.0 Å². The first-order chi connectivity index (χ1) is 16.2. The molecule has 3 rings (SSSR count). The van der Waals surface area contributed by atoms with Gasteiger partial charge in [0.15, 0.2) is 0 Å². The zero-order chi connectivity index (χ0) is 23.1. The average Bonchev–Trinajstić information content (AvgIpc) is 2.85. The summed E-state index contributed by atoms with van der Waals surface area (Å²) in [5, 5.41) is 6.02. The Hall–Kier alpha value is -3.51. The van der Waals surface area contributed by atoms with E-state index in [-0.39, 0.29) is 12.5 Å². The highest BCUT2D eigenvalue weighted by Gasteiger charge is 2.08. The van der Waals surface area contributed by atoms with Crippen molar-refractivity contribution in [3.8, 4) is 11.5 Å². The van der Waals surface area contributed by atoms with E-state index in [1.54, 1.807) is 0 Å². The van der Waals surface area contributed by atoms with E-state index >= 15 is 0 Å². The maximum atomic E-state index is 12.4. The molecule has 0 spiro atoms. The Morgan fingerprint density at radius 2 is 1.58 bits per heavy atom. The maximum absolute atomic E-state index is 12.4. The number of anilines is 2. The third-order valence-corrected chi connectivity index (χ3v) is 4.88. The number of hydrogen-bond acceptors (Lipinski definition) is 5. The molecule has 0 saturated carbocycles. The SMILES string of the molecule is CCOCCOc1ccccc1NC(=O)CNc1ccc(OCCCc2ccccc2)cc1. The summed E-state index contributed by atoms with van der Waals surface area (Å²) >= 11 is 0. The predicted octanol–water partition coefficient (Wildman–Crippen LogP) is 5.16. The van der Waals surface area contributed by atoms with E-state index in [1.807, 2.05) is 61.5 Å². The van der Waals surface area contributed by atoms with Gasteiger partial charge in [0.1, 0.15) is 18.1 Å². The lowest BCUT2D eigenvalue weighted by Gasteiger charge is -2.13. The first-order valence-electron chi connectivity index (χ1n) is 11.3. The van der Waals surface area contributed by atoms with E-state index in [0.29, 0.717) is 37.9 Å². The van der Waals surface area contributed by atoms with Gasteiger partial charge in [0.2, 0.25) is 5.91 Å². The van der Waals surface area contributed by atoms with Crippen molar-refractivity contribution in [3.63, 3.8) is 0 Å². The van der Waals surface area contributed by atoms with Crippen molar-refractivity contribution in [1.82, 2.24) is 0 Å². The summed E-state index contributed by atoms with van der Waals surface area (Å²) in [6.45, 7) is 4.33. The van der Waals surface area contributed by atoms with Crippen molar-refractivity contribution >= 4 is 17.3 Å². The highest BCUT2D eigenvalue weighted by molar-refractivity contribution is 5.95.